The highest BCUT2D eigenvalue weighted by Gasteiger charge is 2.43. The molecule has 15 heavy (non-hydrogen) atoms. The smallest absolute Gasteiger partial charge is 0.240 e. The first-order valence-corrected chi connectivity index (χ1v) is 5.99. The Kier molecular flexibility index (Phi) is 2.75. The Balaban J connectivity index is 1.86. The summed E-state index contributed by atoms with van der Waals surface area (Å²) in [6, 6.07) is 0. The summed E-state index contributed by atoms with van der Waals surface area (Å²) in [6.45, 7) is 2.28. The Hall–Kier alpha value is -0.940. The molecule has 0 aromatic carbocycles. The Morgan fingerprint density at radius 3 is 3.07 bits per heavy atom. The molecule has 2 rings (SSSR count). The van der Waals surface area contributed by atoms with Crippen LogP contribution in [0, 0.1) is 5.92 Å². The number of hydrogen-bond acceptors (Lipinski definition) is 4. The van der Waals surface area contributed by atoms with E-state index in [9.17, 15) is 4.79 Å². The third-order valence-electron chi connectivity index (χ3n) is 2.83. The molecule has 82 valence electrons. The van der Waals surface area contributed by atoms with Crippen molar-refractivity contribution in [3.63, 3.8) is 0 Å². The van der Waals surface area contributed by atoms with Crippen LogP contribution < -0.4 is 11.1 Å². The van der Waals surface area contributed by atoms with Gasteiger partial charge in [-0.3, -0.25) is 4.79 Å². The highest BCUT2D eigenvalue weighted by molar-refractivity contribution is 7.07. The number of nitrogens with two attached hydrogens (primary N) is 1. The van der Waals surface area contributed by atoms with Crippen LogP contribution in [0.1, 0.15) is 25.5 Å². The van der Waals surface area contributed by atoms with Crippen molar-refractivity contribution < 1.29 is 4.79 Å². The zero-order valence-electron chi connectivity index (χ0n) is 8.69. The van der Waals surface area contributed by atoms with E-state index in [-0.39, 0.29) is 5.91 Å². The Bertz CT molecular complexity index is 344. The molecule has 0 radical (unpaired) electrons. The fourth-order valence-corrected chi connectivity index (χ4v) is 2.11. The summed E-state index contributed by atoms with van der Waals surface area (Å²) < 4.78 is 0. The largest absolute Gasteiger partial charge is 0.349 e. The molecule has 1 aromatic heterocycles. The normalized spacial score (nSPS) is 19.6. The van der Waals surface area contributed by atoms with E-state index in [1.165, 1.54) is 11.3 Å². The van der Waals surface area contributed by atoms with Crippen molar-refractivity contribution >= 4 is 17.2 Å². The summed E-state index contributed by atoms with van der Waals surface area (Å²) in [5, 5.41) is 4.75. The zero-order valence-corrected chi connectivity index (χ0v) is 9.51. The highest BCUT2D eigenvalue weighted by atomic mass is 32.1. The lowest BCUT2D eigenvalue weighted by Crippen LogP contribution is -2.53. The molecule has 0 saturated heterocycles. The van der Waals surface area contributed by atoms with Gasteiger partial charge < -0.3 is 11.1 Å². The van der Waals surface area contributed by atoms with E-state index in [0.717, 1.165) is 18.5 Å². The molecule has 1 saturated carbocycles. The topological polar surface area (TPSA) is 68.0 Å². The number of aromatic nitrogens is 1. The maximum absolute atomic E-state index is 11.8. The third kappa shape index (κ3) is 2.35. The van der Waals surface area contributed by atoms with E-state index < -0.39 is 5.54 Å². The summed E-state index contributed by atoms with van der Waals surface area (Å²) >= 11 is 1.52. The monoisotopic (exact) mass is 225 g/mol. The van der Waals surface area contributed by atoms with Crippen molar-refractivity contribution in [1.82, 2.24) is 10.3 Å². The molecule has 4 nitrogen and oxygen atoms in total. The van der Waals surface area contributed by atoms with Gasteiger partial charge >= 0.3 is 0 Å². The molecule has 1 unspecified atom stereocenters. The third-order valence-corrected chi connectivity index (χ3v) is 3.46. The van der Waals surface area contributed by atoms with Crippen LogP contribution in [0.15, 0.2) is 10.9 Å². The van der Waals surface area contributed by atoms with Gasteiger partial charge in [0.25, 0.3) is 0 Å². The van der Waals surface area contributed by atoms with Gasteiger partial charge in [-0.25, -0.2) is 4.98 Å². The summed E-state index contributed by atoms with van der Waals surface area (Å²) in [4.78, 5) is 15.9. The molecule has 0 aliphatic heterocycles. The summed E-state index contributed by atoms with van der Waals surface area (Å²) in [5.41, 5.74) is 7.91. The summed E-state index contributed by atoms with van der Waals surface area (Å²) in [5.74, 6) is 0.283. The molecule has 1 aliphatic carbocycles. The molecule has 1 atom stereocenters. The van der Waals surface area contributed by atoms with Gasteiger partial charge in [-0.15, -0.1) is 11.3 Å². The predicted octanol–water partition coefficient (Wildman–Crippen LogP) is 0.887. The number of nitrogens with one attached hydrogen (secondary N) is 1. The quantitative estimate of drug-likeness (QED) is 0.799. The first-order chi connectivity index (χ1) is 7.10. The fourth-order valence-electron chi connectivity index (χ4n) is 1.55. The SMILES string of the molecule is CC(N)(C(=O)NCc1cscn1)C1CC1. The number of carbonyl (C=O) groups is 1. The average Bonchev–Trinajstić information content (AvgIpc) is 2.94. The van der Waals surface area contributed by atoms with Crippen molar-refractivity contribution in [2.75, 3.05) is 0 Å². The van der Waals surface area contributed by atoms with Gasteiger partial charge in [0.15, 0.2) is 0 Å². The molecule has 1 aliphatic rings. The van der Waals surface area contributed by atoms with E-state index in [4.69, 9.17) is 5.73 Å². The van der Waals surface area contributed by atoms with Gasteiger partial charge in [-0.05, 0) is 25.7 Å². The fraction of sp³-hybridized carbons (Fsp3) is 0.600. The van der Waals surface area contributed by atoms with E-state index in [0.29, 0.717) is 12.5 Å². The van der Waals surface area contributed by atoms with Crippen LogP contribution in [0.2, 0.25) is 0 Å². The minimum Gasteiger partial charge on any atom is -0.349 e. The van der Waals surface area contributed by atoms with Crippen molar-refractivity contribution in [2.45, 2.75) is 31.8 Å². The van der Waals surface area contributed by atoms with Gasteiger partial charge in [0.1, 0.15) is 0 Å². The molecule has 5 heteroatoms. The molecule has 1 aromatic rings. The van der Waals surface area contributed by atoms with Crippen molar-refractivity contribution in [1.29, 1.82) is 0 Å². The van der Waals surface area contributed by atoms with E-state index in [1.54, 1.807) is 12.4 Å². The summed E-state index contributed by atoms with van der Waals surface area (Å²) in [6.07, 6.45) is 2.13. The van der Waals surface area contributed by atoms with Crippen molar-refractivity contribution in [3.05, 3.63) is 16.6 Å². The number of amides is 1. The average molecular weight is 225 g/mol. The zero-order chi connectivity index (χ0) is 10.9. The van der Waals surface area contributed by atoms with Crippen LogP contribution in [-0.4, -0.2) is 16.4 Å². The van der Waals surface area contributed by atoms with Gasteiger partial charge in [-0.1, -0.05) is 0 Å². The molecule has 0 bridgehead atoms. The minimum atomic E-state index is -0.712. The number of thiazole rings is 1. The number of hydrogen-bond donors (Lipinski definition) is 2. The van der Waals surface area contributed by atoms with Crippen LogP contribution in [0.4, 0.5) is 0 Å². The maximum atomic E-state index is 11.8. The first kappa shape index (κ1) is 10.6. The predicted molar refractivity (Wildman–Crippen MR) is 59.3 cm³/mol. The molecule has 1 fully saturated rings. The minimum absolute atomic E-state index is 0.0713. The molecular weight excluding hydrogens is 210 g/mol. The Morgan fingerprint density at radius 2 is 2.53 bits per heavy atom. The van der Waals surface area contributed by atoms with Crippen LogP contribution in [0.3, 0.4) is 0 Å². The molecule has 0 spiro atoms. The van der Waals surface area contributed by atoms with E-state index in [2.05, 4.69) is 10.3 Å². The van der Waals surface area contributed by atoms with Crippen molar-refractivity contribution in [3.8, 4) is 0 Å². The van der Waals surface area contributed by atoms with Crippen molar-refractivity contribution in [2.24, 2.45) is 11.7 Å². The number of nitrogens with zero attached hydrogens (tertiary/aromatic N) is 1. The second kappa shape index (κ2) is 3.90. The lowest BCUT2D eigenvalue weighted by molar-refractivity contribution is -0.126. The summed E-state index contributed by atoms with van der Waals surface area (Å²) in [7, 11) is 0. The van der Waals surface area contributed by atoms with E-state index >= 15 is 0 Å². The van der Waals surface area contributed by atoms with Gasteiger partial charge in [0.2, 0.25) is 5.91 Å². The van der Waals surface area contributed by atoms with Gasteiger partial charge in [-0.2, -0.15) is 0 Å². The molecule has 1 heterocycles. The number of rotatable bonds is 4. The number of carbonyl (C=O) groups excluding carboxylic acids is 1. The van der Waals surface area contributed by atoms with Crippen LogP contribution in [0.25, 0.3) is 0 Å². The second-order valence-electron chi connectivity index (χ2n) is 4.22. The maximum Gasteiger partial charge on any atom is 0.240 e. The van der Waals surface area contributed by atoms with Crippen LogP contribution in [0.5, 0.6) is 0 Å². The van der Waals surface area contributed by atoms with Gasteiger partial charge in [0.05, 0.1) is 23.3 Å². The molecule has 3 N–H and O–H groups in total. The molecular formula is C10H15N3OS. The first-order valence-electron chi connectivity index (χ1n) is 5.05. The highest BCUT2D eigenvalue weighted by Crippen LogP contribution is 2.38. The van der Waals surface area contributed by atoms with Crippen LogP contribution in [-0.2, 0) is 11.3 Å². The van der Waals surface area contributed by atoms with Crippen LogP contribution >= 0.6 is 11.3 Å². The second-order valence-corrected chi connectivity index (χ2v) is 4.94. The Labute approximate surface area is 92.9 Å². The standard InChI is InChI=1S/C10H15N3OS/c1-10(11,7-2-3-7)9(14)12-4-8-5-15-6-13-8/h5-7H,2-4,11H2,1H3,(H,12,14). The molecule has 1 amide bonds. The lowest BCUT2D eigenvalue weighted by atomic mass is 9.96. The Morgan fingerprint density at radius 1 is 1.80 bits per heavy atom. The lowest BCUT2D eigenvalue weighted by Gasteiger charge is -2.22. The van der Waals surface area contributed by atoms with E-state index in [1.807, 2.05) is 5.38 Å². The van der Waals surface area contributed by atoms with Gasteiger partial charge in [0, 0.05) is 5.38 Å².